The van der Waals surface area contributed by atoms with E-state index in [0.717, 1.165) is 19.4 Å². The first-order chi connectivity index (χ1) is 6.70. The second kappa shape index (κ2) is 4.11. The lowest BCUT2D eigenvalue weighted by Gasteiger charge is -2.38. The van der Waals surface area contributed by atoms with E-state index in [9.17, 15) is 8.78 Å². The Morgan fingerprint density at radius 3 is 2.86 bits per heavy atom. The van der Waals surface area contributed by atoms with E-state index in [1.807, 2.05) is 0 Å². The third-order valence-electron chi connectivity index (χ3n) is 3.31. The predicted molar refractivity (Wildman–Crippen MR) is 49.5 cm³/mol. The number of piperidine rings is 1. The summed E-state index contributed by atoms with van der Waals surface area (Å²) in [5.74, 6) is -2.96. The summed E-state index contributed by atoms with van der Waals surface area (Å²) in [5.41, 5.74) is 0. The molecule has 0 radical (unpaired) electrons. The van der Waals surface area contributed by atoms with E-state index in [-0.39, 0.29) is 12.3 Å². The highest BCUT2D eigenvalue weighted by Gasteiger charge is 2.45. The van der Waals surface area contributed by atoms with Gasteiger partial charge in [-0.2, -0.15) is 0 Å². The molecular formula is C10H17F2NO. The second-order valence-corrected chi connectivity index (χ2v) is 4.30. The fourth-order valence-electron chi connectivity index (χ4n) is 2.44. The molecule has 0 aliphatic carbocycles. The molecule has 2 unspecified atom stereocenters. The molecule has 2 fully saturated rings. The molecule has 4 heteroatoms. The van der Waals surface area contributed by atoms with Crippen LogP contribution in [0.4, 0.5) is 8.78 Å². The van der Waals surface area contributed by atoms with Crippen LogP contribution in [0, 0.1) is 11.8 Å². The van der Waals surface area contributed by atoms with Gasteiger partial charge in [-0.05, 0) is 18.8 Å². The van der Waals surface area contributed by atoms with Gasteiger partial charge in [-0.25, -0.2) is 8.78 Å². The van der Waals surface area contributed by atoms with Crippen molar-refractivity contribution in [2.24, 2.45) is 11.8 Å². The van der Waals surface area contributed by atoms with Crippen molar-refractivity contribution in [2.45, 2.75) is 25.2 Å². The summed E-state index contributed by atoms with van der Waals surface area (Å²) in [4.78, 5) is 0. The van der Waals surface area contributed by atoms with Crippen molar-refractivity contribution < 1.29 is 13.5 Å². The normalized spacial score (nSPS) is 38.1. The average molecular weight is 205 g/mol. The summed E-state index contributed by atoms with van der Waals surface area (Å²) in [6.07, 6.45) is 1.80. The Labute approximate surface area is 83.0 Å². The third kappa shape index (κ3) is 2.06. The summed E-state index contributed by atoms with van der Waals surface area (Å²) >= 11 is 0. The van der Waals surface area contributed by atoms with Crippen LogP contribution in [-0.2, 0) is 4.74 Å². The molecule has 82 valence electrons. The standard InChI is InChI=1S/C10H17F2NO/c11-10(12)3-4-13-6-9(10)8-2-1-5-14-7-8/h8-9,13H,1-7H2. The van der Waals surface area contributed by atoms with Crippen LogP contribution < -0.4 is 5.32 Å². The van der Waals surface area contributed by atoms with Gasteiger partial charge in [0, 0.05) is 38.6 Å². The van der Waals surface area contributed by atoms with Gasteiger partial charge >= 0.3 is 0 Å². The minimum absolute atomic E-state index is 0.0197. The van der Waals surface area contributed by atoms with E-state index in [1.165, 1.54) is 0 Å². The first-order valence-electron chi connectivity index (χ1n) is 5.36. The van der Waals surface area contributed by atoms with Crippen LogP contribution in [0.25, 0.3) is 0 Å². The van der Waals surface area contributed by atoms with E-state index in [0.29, 0.717) is 19.7 Å². The van der Waals surface area contributed by atoms with Crippen molar-refractivity contribution in [3.8, 4) is 0 Å². The van der Waals surface area contributed by atoms with Crippen molar-refractivity contribution >= 4 is 0 Å². The lowest BCUT2D eigenvalue weighted by molar-refractivity contribution is -0.119. The lowest BCUT2D eigenvalue weighted by atomic mass is 9.80. The van der Waals surface area contributed by atoms with Crippen molar-refractivity contribution in [1.29, 1.82) is 0 Å². The zero-order valence-corrected chi connectivity index (χ0v) is 8.27. The highest BCUT2D eigenvalue weighted by Crippen LogP contribution is 2.38. The van der Waals surface area contributed by atoms with Crippen LogP contribution in [0.15, 0.2) is 0 Å². The first kappa shape index (κ1) is 10.3. The average Bonchev–Trinajstić information content (AvgIpc) is 2.18. The monoisotopic (exact) mass is 205 g/mol. The van der Waals surface area contributed by atoms with E-state index in [1.54, 1.807) is 0 Å². The van der Waals surface area contributed by atoms with Crippen LogP contribution in [-0.4, -0.2) is 32.2 Å². The fourth-order valence-corrected chi connectivity index (χ4v) is 2.44. The van der Waals surface area contributed by atoms with Gasteiger partial charge in [0.05, 0.1) is 0 Å². The molecular weight excluding hydrogens is 188 g/mol. The predicted octanol–water partition coefficient (Wildman–Crippen LogP) is 1.66. The summed E-state index contributed by atoms with van der Waals surface area (Å²) in [6, 6.07) is 0. The van der Waals surface area contributed by atoms with Crippen LogP contribution in [0.1, 0.15) is 19.3 Å². The number of nitrogens with one attached hydrogen (secondary N) is 1. The summed E-state index contributed by atoms with van der Waals surface area (Å²) in [6.45, 7) is 2.14. The molecule has 2 nitrogen and oxygen atoms in total. The Hall–Kier alpha value is -0.220. The minimum atomic E-state index is -2.49. The number of rotatable bonds is 1. The Balaban J connectivity index is 1.99. The maximum absolute atomic E-state index is 13.6. The smallest absolute Gasteiger partial charge is 0.253 e. The molecule has 0 spiro atoms. The summed E-state index contributed by atoms with van der Waals surface area (Å²) in [7, 11) is 0. The fraction of sp³-hybridized carbons (Fsp3) is 1.00. The maximum atomic E-state index is 13.6. The molecule has 2 aliphatic rings. The van der Waals surface area contributed by atoms with Gasteiger partial charge in [0.2, 0.25) is 0 Å². The van der Waals surface area contributed by atoms with Crippen molar-refractivity contribution in [3.05, 3.63) is 0 Å². The highest BCUT2D eigenvalue weighted by molar-refractivity contribution is 4.89. The molecule has 0 aromatic rings. The molecule has 2 aliphatic heterocycles. The largest absolute Gasteiger partial charge is 0.381 e. The highest BCUT2D eigenvalue weighted by atomic mass is 19.3. The molecule has 14 heavy (non-hydrogen) atoms. The molecule has 0 aromatic heterocycles. The van der Waals surface area contributed by atoms with Gasteiger partial charge < -0.3 is 10.1 Å². The zero-order chi connectivity index (χ0) is 10.0. The van der Waals surface area contributed by atoms with Crippen LogP contribution in [0.3, 0.4) is 0 Å². The Morgan fingerprint density at radius 2 is 2.21 bits per heavy atom. The Kier molecular flexibility index (Phi) is 3.02. The summed E-state index contributed by atoms with van der Waals surface area (Å²) < 4.78 is 32.4. The topological polar surface area (TPSA) is 21.3 Å². The number of hydrogen-bond acceptors (Lipinski definition) is 2. The SMILES string of the molecule is FC1(F)CCNCC1C1CCCOC1. The number of halogens is 2. The van der Waals surface area contributed by atoms with E-state index in [2.05, 4.69) is 5.32 Å². The molecule has 2 saturated heterocycles. The third-order valence-corrected chi connectivity index (χ3v) is 3.31. The first-order valence-corrected chi connectivity index (χ1v) is 5.36. The molecule has 0 bridgehead atoms. The second-order valence-electron chi connectivity index (χ2n) is 4.30. The van der Waals surface area contributed by atoms with Crippen molar-refractivity contribution in [2.75, 3.05) is 26.3 Å². The van der Waals surface area contributed by atoms with Crippen LogP contribution in [0.2, 0.25) is 0 Å². The van der Waals surface area contributed by atoms with Gasteiger partial charge in [0.15, 0.2) is 0 Å². The summed E-state index contributed by atoms with van der Waals surface area (Å²) in [5, 5.41) is 3.05. The molecule has 0 amide bonds. The molecule has 2 heterocycles. The van der Waals surface area contributed by atoms with E-state index < -0.39 is 11.8 Å². The molecule has 2 rings (SSSR count). The van der Waals surface area contributed by atoms with E-state index >= 15 is 0 Å². The Morgan fingerprint density at radius 1 is 1.36 bits per heavy atom. The van der Waals surface area contributed by atoms with Gasteiger partial charge in [-0.1, -0.05) is 0 Å². The number of alkyl halides is 2. The van der Waals surface area contributed by atoms with E-state index in [4.69, 9.17) is 4.74 Å². The molecule has 0 saturated carbocycles. The van der Waals surface area contributed by atoms with Gasteiger partial charge in [0.25, 0.3) is 5.92 Å². The van der Waals surface area contributed by atoms with Crippen molar-refractivity contribution in [1.82, 2.24) is 5.32 Å². The minimum Gasteiger partial charge on any atom is -0.381 e. The number of ether oxygens (including phenoxy) is 1. The maximum Gasteiger partial charge on any atom is 0.253 e. The molecule has 0 aromatic carbocycles. The van der Waals surface area contributed by atoms with Crippen molar-refractivity contribution in [3.63, 3.8) is 0 Å². The molecule has 2 atom stereocenters. The molecule has 1 N–H and O–H groups in total. The van der Waals surface area contributed by atoms with Gasteiger partial charge in [-0.3, -0.25) is 0 Å². The van der Waals surface area contributed by atoms with Gasteiger partial charge in [0.1, 0.15) is 0 Å². The quantitative estimate of drug-likeness (QED) is 0.703. The lowest BCUT2D eigenvalue weighted by Crippen LogP contribution is -2.49. The van der Waals surface area contributed by atoms with Crippen LogP contribution in [0.5, 0.6) is 0 Å². The van der Waals surface area contributed by atoms with Crippen LogP contribution >= 0.6 is 0 Å². The number of hydrogen-bond donors (Lipinski definition) is 1. The zero-order valence-electron chi connectivity index (χ0n) is 8.27. The Bertz CT molecular complexity index is 193. The van der Waals surface area contributed by atoms with Gasteiger partial charge in [-0.15, -0.1) is 0 Å².